The minimum Gasteiger partial charge on any atom is -0.355 e. The van der Waals surface area contributed by atoms with Gasteiger partial charge in [0.15, 0.2) is 0 Å². The summed E-state index contributed by atoms with van der Waals surface area (Å²) in [6.45, 7) is 4.50. The highest BCUT2D eigenvalue weighted by atomic mass is 79.9. The van der Waals surface area contributed by atoms with Crippen molar-refractivity contribution in [2.75, 3.05) is 6.54 Å². The summed E-state index contributed by atoms with van der Waals surface area (Å²) in [5, 5.41) is 3.38. The molecule has 0 spiro atoms. The van der Waals surface area contributed by atoms with E-state index in [1.807, 2.05) is 43.3 Å². The second-order valence-corrected chi connectivity index (χ2v) is 7.38. The van der Waals surface area contributed by atoms with Gasteiger partial charge < -0.3 is 10.2 Å². The van der Waals surface area contributed by atoms with E-state index in [0.717, 1.165) is 15.6 Å². The summed E-state index contributed by atoms with van der Waals surface area (Å²) in [4.78, 5) is 26.9. The molecule has 0 bridgehead atoms. The molecule has 2 aromatic rings. The topological polar surface area (TPSA) is 49.4 Å². The summed E-state index contributed by atoms with van der Waals surface area (Å²) >= 11 is 9.42. The van der Waals surface area contributed by atoms with E-state index < -0.39 is 6.04 Å². The van der Waals surface area contributed by atoms with Gasteiger partial charge in [-0.3, -0.25) is 9.59 Å². The van der Waals surface area contributed by atoms with Crippen LogP contribution in [0.5, 0.6) is 0 Å². The Hall–Kier alpha value is -1.85. The molecule has 0 unspecified atom stereocenters. The molecule has 26 heavy (non-hydrogen) atoms. The molecular weight excluding hydrogens is 416 g/mol. The Morgan fingerprint density at radius 2 is 1.85 bits per heavy atom. The van der Waals surface area contributed by atoms with Crippen LogP contribution in [0, 0.1) is 0 Å². The fourth-order valence-corrected chi connectivity index (χ4v) is 3.09. The third-order valence-electron chi connectivity index (χ3n) is 4.03. The van der Waals surface area contributed by atoms with Crippen LogP contribution in [0.1, 0.15) is 25.0 Å². The average molecular weight is 438 g/mol. The van der Waals surface area contributed by atoms with Crippen LogP contribution in [0.4, 0.5) is 0 Å². The van der Waals surface area contributed by atoms with Crippen molar-refractivity contribution in [2.24, 2.45) is 0 Å². The van der Waals surface area contributed by atoms with Crippen molar-refractivity contribution in [1.82, 2.24) is 10.2 Å². The molecule has 0 saturated carbocycles. The number of hydrogen-bond acceptors (Lipinski definition) is 2. The van der Waals surface area contributed by atoms with E-state index in [1.165, 1.54) is 0 Å². The zero-order chi connectivity index (χ0) is 19.1. The Labute approximate surface area is 167 Å². The summed E-state index contributed by atoms with van der Waals surface area (Å²) in [5.74, 6) is -0.280. The predicted octanol–water partition coefficient (Wildman–Crippen LogP) is 4.20. The van der Waals surface area contributed by atoms with Gasteiger partial charge in [0.05, 0.1) is 6.42 Å². The molecule has 2 amide bonds. The first-order valence-electron chi connectivity index (χ1n) is 8.46. The first-order chi connectivity index (χ1) is 12.4. The molecular formula is C20H22BrClN2O2. The van der Waals surface area contributed by atoms with E-state index in [4.69, 9.17) is 11.6 Å². The summed E-state index contributed by atoms with van der Waals surface area (Å²) in [6.07, 6.45) is 0.195. The van der Waals surface area contributed by atoms with E-state index in [-0.39, 0.29) is 18.2 Å². The quantitative estimate of drug-likeness (QED) is 0.706. The minimum atomic E-state index is -0.565. The van der Waals surface area contributed by atoms with E-state index >= 15 is 0 Å². The van der Waals surface area contributed by atoms with E-state index in [9.17, 15) is 9.59 Å². The molecule has 0 aliphatic rings. The molecule has 2 rings (SSSR count). The first kappa shape index (κ1) is 20.5. The predicted molar refractivity (Wildman–Crippen MR) is 108 cm³/mol. The van der Waals surface area contributed by atoms with Crippen molar-refractivity contribution >= 4 is 39.3 Å². The molecule has 0 aliphatic carbocycles. The number of nitrogens with one attached hydrogen (secondary N) is 1. The number of likely N-dealkylation sites (N-methyl/N-ethyl adjacent to an activating group) is 1. The van der Waals surface area contributed by atoms with E-state index in [2.05, 4.69) is 21.2 Å². The number of carbonyl (C=O) groups is 2. The fraction of sp³-hybridized carbons (Fsp3) is 0.300. The maximum atomic E-state index is 12.9. The number of carbonyl (C=O) groups excluding carboxylic acids is 2. The van der Waals surface area contributed by atoms with Gasteiger partial charge in [0.2, 0.25) is 11.8 Å². The molecule has 0 fully saturated rings. The maximum Gasteiger partial charge on any atom is 0.242 e. The monoisotopic (exact) mass is 436 g/mol. The molecule has 1 N–H and O–H groups in total. The third-order valence-corrected chi connectivity index (χ3v) is 4.79. The van der Waals surface area contributed by atoms with Gasteiger partial charge in [-0.1, -0.05) is 51.8 Å². The highest BCUT2D eigenvalue weighted by Gasteiger charge is 2.25. The number of halogens is 2. The Morgan fingerprint density at radius 1 is 1.15 bits per heavy atom. The number of amides is 2. The van der Waals surface area contributed by atoms with Gasteiger partial charge in [0.1, 0.15) is 6.04 Å². The largest absolute Gasteiger partial charge is 0.355 e. The van der Waals surface area contributed by atoms with Gasteiger partial charge in [0, 0.05) is 22.6 Å². The molecule has 0 heterocycles. The molecule has 0 saturated heterocycles. The van der Waals surface area contributed by atoms with Crippen LogP contribution in [0.25, 0.3) is 0 Å². The van der Waals surface area contributed by atoms with Crippen LogP contribution in [-0.2, 0) is 22.6 Å². The van der Waals surface area contributed by atoms with Crippen molar-refractivity contribution in [3.05, 3.63) is 69.2 Å². The molecule has 0 aliphatic heterocycles. The Morgan fingerprint density at radius 3 is 2.46 bits per heavy atom. The van der Waals surface area contributed by atoms with Gasteiger partial charge >= 0.3 is 0 Å². The van der Waals surface area contributed by atoms with Crippen LogP contribution < -0.4 is 5.32 Å². The SMILES string of the molecule is CCNC(=O)[C@H](C)N(Cc1ccc(Br)cc1)C(=O)Cc1cccc(Cl)c1. The van der Waals surface area contributed by atoms with Crippen molar-refractivity contribution in [1.29, 1.82) is 0 Å². The lowest BCUT2D eigenvalue weighted by atomic mass is 10.1. The molecule has 6 heteroatoms. The third kappa shape index (κ3) is 5.85. The van der Waals surface area contributed by atoms with Crippen molar-refractivity contribution in [3.8, 4) is 0 Å². The van der Waals surface area contributed by atoms with Gasteiger partial charge in [-0.25, -0.2) is 0 Å². The van der Waals surface area contributed by atoms with Gasteiger partial charge in [-0.2, -0.15) is 0 Å². The molecule has 138 valence electrons. The molecule has 1 atom stereocenters. The van der Waals surface area contributed by atoms with Crippen LogP contribution >= 0.6 is 27.5 Å². The Kier molecular flexibility index (Phi) is 7.66. The highest BCUT2D eigenvalue weighted by molar-refractivity contribution is 9.10. The number of rotatable bonds is 7. The van der Waals surface area contributed by atoms with Crippen LogP contribution in [-0.4, -0.2) is 29.3 Å². The van der Waals surface area contributed by atoms with Crippen LogP contribution in [0.2, 0.25) is 5.02 Å². The van der Waals surface area contributed by atoms with Gasteiger partial charge in [0.25, 0.3) is 0 Å². The van der Waals surface area contributed by atoms with Crippen LogP contribution in [0.3, 0.4) is 0 Å². The number of nitrogens with zero attached hydrogens (tertiary/aromatic N) is 1. The summed E-state index contributed by atoms with van der Waals surface area (Å²) in [7, 11) is 0. The van der Waals surface area contributed by atoms with E-state index in [1.54, 1.807) is 24.0 Å². The first-order valence-corrected chi connectivity index (χ1v) is 9.64. The average Bonchev–Trinajstić information content (AvgIpc) is 2.60. The van der Waals surface area contributed by atoms with E-state index in [0.29, 0.717) is 18.1 Å². The zero-order valence-corrected chi connectivity index (χ0v) is 17.2. The second-order valence-electron chi connectivity index (χ2n) is 6.03. The number of hydrogen-bond donors (Lipinski definition) is 1. The molecule has 0 radical (unpaired) electrons. The fourth-order valence-electron chi connectivity index (χ4n) is 2.61. The molecule has 2 aromatic carbocycles. The van der Waals surface area contributed by atoms with Gasteiger partial charge in [-0.05, 0) is 49.2 Å². The summed E-state index contributed by atoms with van der Waals surface area (Å²) in [5.41, 5.74) is 1.79. The van der Waals surface area contributed by atoms with Crippen molar-refractivity contribution in [2.45, 2.75) is 32.9 Å². The van der Waals surface area contributed by atoms with Crippen molar-refractivity contribution < 1.29 is 9.59 Å². The molecule has 4 nitrogen and oxygen atoms in total. The summed E-state index contributed by atoms with van der Waals surface area (Å²) < 4.78 is 0.967. The lowest BCUT2D eigenvalue weighted by Crippen LogP contribution is -2.48. The Balaban J connectivity index is 2.21. The Bertz CT molecular complexity index is 765. The smallest absolute Gasteiger partial charge is 0.242 e. The summed E-state index contributed by atoms with van der Waals surface area (Å²) in [6, 6.07) is 14.4. The lowest BCUT2D eigenvalue weighted by Gasteiger charge is -2.29. The lowest BCUT2D eigenvalue weighted by molar-refractivity contribution is -0.140. The number of benzene rings is 2. The van der Waals surface area contributed by atoms with Crippen molar-refractivity contribution in [3.63, 3.8) is 0 Å². The standard InChI is InChI=1S/C20H22BrClN2O2/c1-3-23-20(26)14(2)24(13-15-7-9-17(21)10-8-15)19(25)12-16-5-4-6-18(22)11-16/h4-11,14H,3,12-13H2,1-2H3,(H,23,26)/t14-/m0/s1. The minimum absolute atomic E-state index is 0.117. The highest BCUT2D eigenvalue weighted by Crippen LogP contribution is 2.17. The zero-order valence-electron chi connectivity index (χ0n) is 14.8. The second kappa shape index (κ2) is 9.74. The van der Waals surface area contributed by atoms with Gasteiger partial charge in [-0.15, -0.1) is 0 Å². The molecule has 0 aromatic heterocycles. The normalized spacial score (nSPS) is 11.7. The maximum absolute atomic E-state index is 12.9. The van der Waals surface area contributed by atoms with Crippen LogP contribution in [0.15, 0.2) is 53.0 Å².